The maximum atomic E-state index is 11.9. The van der Waals surface area contributed by atoms with Gasteiger partial charge < -0.3 is 10.4 Å². The van der Waals surface area contributed by atoms with E-state index in [1.165, 1.54) is 0 Å². The Balaban J connectivity index is 1.67. The summed E-state index contributed by atoms with van der Waals surface area (Å²) in [6.45, 7) is 1.12. The van der Waals surface area contributed by atoms with Crippen LogP contribution in [0.2, 0.25) is 0 Å². The Morgan fingerprint density at radius 1 is 0.913 bits per heavy atom. The second-order valence-corrected chi connectivity index (χ2v) is 7.08. The molecule has 6 heteroatoms. The molecule has 23 heavy (non-hydrogen) atoms. The van der Waals surface area contributed by atoms with Crippen LogP contribution in [-0.4, -0.2) is 33.2 Å². The van der Waals surface area contributed by atoms with Crippen LogP contribution in [0.15, 0.2) is 60.7 Å². The van der Waals surface area contributed by atoms with Gasteiger partial charge in [0.1, 0.15) is 0 Å². The number of benzene rings is 2. The highest BCUT2D eigenvalue weighted by atomic mass is 32.2. The molecule has 0 unspecified atom stereocenters. The van der Waals surface area contributed by atoms with Crippen LogP contribution in [0.5, 0.6) is 0 Å². The Kier molecular flexibility index (Phi) is 6.73. The normalized spacial score (nSPS) is 12.9. The summed E-state index contributed by atoms with van der Waals surface area (Å²) in [5.41, 5.74) is 1.59. The molecule has 1 atom stereocenters. The minimum Gasteiger partial charge on any atom is -0.387 e. The Morgan fingerprint density at radius 2 is 1.52 bits per heavy atom. The third-order valence-electron chi connectivity index (χ3n) is 3.35. The van der Waals surface area contributed by atoms with Crippen molar-refractivity contribution >= 4 is 10.0 Å². The van der Waals surface area contributed by atoms with Gasteiger partial charge in [0.2, 0.25) is 10.0 Å². The molecule has 2 rings (SSSR count). The van der Waals surface area contributed by atoms with E-state index in [9.17, 15) is 13.5 Å². The average molecular weight is 334 g/mol. The van der Waals surface area contributed by atoms with Crippen molar-refractivity contribution in [3.8, 4) is 0 Å². The Morgan fingerprint density at radius 3 is 2.17 bits per heavy atom. The van der Waals surface area contributed by atoms with E-state index in [2.05, 4.69) is 10.0 Å². The predicted octanol–water partition coefficient (Wildman–Crippen LogP) is 1.43. The minimum atomic E-state index is -3.34. The number of hydrogen-bond donors (Lipinski definition) is 3. The molecule has 0 heterocycles. The monoisotopic (exact) mass is 334 g/mol. The Bertz CT molecular complexity index is 675. The van der Waals surface area contributed by atoms with Crippen LogP contribution in [0.3, 0.4) is 0 Å². The van der Waals surface area contributed by atoms with E-state index < -0.39 is 16.1 Å². The number of rotatable bonds is 9. The molecule has 124 valence electrons. The molecule has 0 saturated heterocycles. The number of hydrogen-bond acceptors (Lipinski definition) is 4. The van der Waals surface area contributed by atoms with Gasteiger partial charge in [0.05, 0.1) is 11.9 Å². The van der Waals surface area contributed by atoms with Crippen molar-refractivity contribution in [2.24, 2.45) is 0 Å². The molecule has 0 aromatic heterocycles. The maximum absolute atomic E-state index is 11.9. The van der Waals surface area contributed by atoms with E-state index >= 15 is 0 Å². The lowest BCUT2D eigenvalue weighted by Crippen LogP contribution is -2.34. The van der Waals surface area contributed by atoms with Crippen molar-refractivity contribution < 1.29 is 13.5 Å². The highest BCUT2D eigenvalue weighted by Crippen LogP contribution is 2.10. The van der Waals surface area contributed by atoms with Gasteiger partial charge in [0.25, 0.3) is 0 Å². The topological polar surface area (TPSA) is 78.4 Å². The van der Waals surface area contributed by atoms with Gasteiger partial charge in [-0.3, -0.25) is 0 Å². The summed E-state index contributed by atoms with van der Waals surface area (Å²) in [7, 11) is -3.34. The number of aliphatic hydroxyl groups excluding tert-OH is 1. The van der Waals surface area contributed by atoms with Crippen LogP contribution in [0.4, 0.5) is 0 Å². The molecule has 0 aliphatic carbocycles. The SMILES string of the molecule is O=S(=O)(Cc1ccccc1)NCCNC[C@H](O)c1ccccc1. The molecule has 0 aliphatic heterocycles. The van der Waals surface area contributed by atoms with E-state index in [4.69, 9.17) is 0 Å². The summed E-state index contributed by atoms with van der Waals surface area (Å²) in [5.74, 6) is -0.0273. The van der Waals surface area contributed by atoms with E-state index in [1.807, 2.05) is 48.5 Å². The second-order valence-electron chi connectivity index (χ2n) is 5.27. The Hall–Kier alpha value is -1.73. The van der Waals surface area contributed by atoms with Crippen LogP contribution in [0.1, 0.15) is 17.2 Å². The minimum absolute atomic E-state index is 0.0273. The van der Waals surface area contributed by atoms with Gasteiger partial charge in [-0.25, -0.2) is 13.1 Å². The van der Waals surface area contributed by atoms with Crippen molar-refractivity contribution in [1.82, 2.24) is 10.0 Å². The number of sulfonamides is 1. The smallest absolute Gasteiger partial charge is 0.215 e. The zero-order valence-electron chi connectivity index (χ0n) is 12.9. The van der Waals surface area contributed by atoms with Gasteiger partial charge >= 0.3 is 0 Å². The molecule has 5 nitrogen and oxygen atoms in total. The zero-order valence-corrected chi connectivity index (χ0v) is 13.7. The van der Waals surface area contributed by atoms with Gasteiger partial charge in [-0.2, -0.15) is 0 Å². The van der Waals surface area contributed by atoms with Crippen LogP contribution in [0.25, 0.3) is 0 Å². The summed E-state index contributed by atoms with van der Waals surface area (Å²) in [6.07, 6.45) is -0.600. The molecule has 2 aromatic carbocycles. The van der Waals surface area contributed by atoms with Crippen LogP contribution < -0.4 is 10.0 Å². The molecular formula is C17H22N2O3S. The molecule has 0 fully saturated rings. The van der Waals surface area contributed by atoms with E-state index in [-0.39, 0.29) is 12.3 Å². The molecule has 0 spiro atoms. The van der Waals surface area contributed by atoms with E-state index in [0.717, 1.165) is 11.1 Å². The highest BCUT2D eigenvalue weighted by molar-refractivity contribution is 7.88. The first-order chi connectivity index (χ1) is 11.1. The van der Waals surface area contributed by atoms with E-state index in [0.29, 0.717) is 13.1 Å². The number of aliphatic hydroxyl groups is 1. The molecule has 3 N–H and O–H groups in total. The lowest BCUT2D eigenvalue weighted by molar-refractivity contribution is 0.175. The average Bonchev–Trinajstić information content (AvgIpc) is 2.55. The van der Waals surface area contributed by atoms with Crippen molar-refractivity contribution in [2.75, 3.05) is 19.6 Å². The quantitative estimate of drug-likeness (QED) is 0.606. The molecular weight excluding hydrogens is 312 g/mol. The van der Waals surface area contributed by atoms with Crippen molar-refractivity contribution in [3.05, 3.63) is 71.8 Å². The standard InChI is InChI=1S/C17H22N2O3S/c20-17(16-9-5-2-6-10-16)13-18-11-12-19-23(21,22)14-15-7-3-1-4-8-15/h1-10,17-20H,11-14H2/t17-/m0/s1. The first-order valence-electron chi connectivity index (χ1n) is 7.52. The maximum Gasteiger partial charge on any atom is 0.215 e. The molecule has 0 radical (unpaired) electrons. The van der Waals surface area contributed by atoms with Crippen molar-refractivity contribution in [2.45, 2.75) is 11.9 Å². The molecule has 0 saturated carbocycles. The first-order valence-corrected chi connectivity index (χ1v) is 9.17. The largest absolute Gasteiger partial charge is 0.387 e. The van der Waals surface area contributed by atoms with Gasteiger partial charge in [-0.15, -0.1) is 0 Å². The lowest BCUT2D eigenvalue weighted by Gasteiger charge is -2.12. The first kappa shape index (κ1) is 17.6. The summed E-state index contributed by atoms with van der Waals surface area (Å²) >= 11 is 0. The second kappa shape index (κ2) is 8.79. The highest BCUT2D eigenvalue weighted by Gasteiger charge is 2.10. The van der Waals surface area contributed by atoms with E-state index in [1.54, 1.807) is 12.1 Å². The van der Waals surface area contributed by atoms with Crippen LogP contribution in [-0.2, 0) is 15.8 Å². The van der Waals surface area contributed by atoms with Crippen LogP contribution in [0, 0.1) is 0 Å². The van der Waals surface area contributed by atoms with Crippen molar-refractivity contribution in [1.29, 1.82) is 0 Å². The molecule has 0 bridgehead atoms. The third kappa shape index (κ3) is 6.50. The van der Waals surface area contributed by atoms with Gasteiger partial charge in [-0.05, 0) is 11.1 Å². The molecule has 0 aliphatic rings. The summed E-state index contributed by atoms with van der Waals surface area (Å²) in [4.78, 5) is 0. The fraction of sp³-hybridized carbons (Fsp3) is 0.294. The van der Waals surface area contributed by atoms with Gasteiger partial charge in [0.15, 0.2) is 0 Å². The summed E-state index contributed by atoms with van der Waals surface area (Å²) < 4.78 is 26.4. The lowest BCUT2D eigenvalue weighted by atomic mass is 10.1. The van der Waals surface area contributed by atoms with Crippen LogP contribution >= 0.6 is 0 Å². The third-order valence-corrected chi connectivity index (χ3v) is 4.70. The molecule has 0 amide bonds. The van der Waals surface area contributed by atoms with Gasteiger partial charge in [-0.1, -0.05) is 60.7 Å². The fourth-order valence-corrected chi connectivity index (χ4v) is 3.32. The summed E-state index contributed by atoms with van der Waals surface area (Å²) in [6, 6.07) is 18.4. The van der Waals surface area contributed by atoms with Gasteiger partial charge in [0, 0.05) is 19.6 Å². The summed E-state index contributed by atoms with van der Waals surface area (Å²) in [5, 5.41) is 13.0. The fourth-order valence-electron chi connectivity index (χ4n) is 2.17. The Labute approximate surface area is 137 Å². The molecule has 2 aromatic rings. The number of nitrogens with one attached hydrogen (secondary N) is 2. The predicted molar refractivity (Wildman–Crippen MR) is 91.3 cm³/mol. The zero-order chi connectivity index (χ0) is 16.5. The van der Waals surface area contributed by atoms with Crippen molar-refractivity contribution in [3.63, 3.8) is 0 Å².